The van der Waals surface area contributed by atoms with Gasteiger partial charge in [-0.05, 0) is 25.8 Å². The maximum absolute atomic E-state index is 12.1. The number of rotatable bonds is 3. The Balaban J connectivity index is 1.76. The molecule has 4 rings (SSSR count). The summed E-state index contributed by atoms with van der Waals surface area (Å²) in [7, 11) is -3.21. The number of pyridine rings is 1. The van der Waals surface area contributed by atoms with Gasteiger partial charge >= 0.3 is 0 Å². The molecule has 138 valence electrons. The highest BCUT2D eigenvalue weighted by Crippen LogP contribution is 2.38. The van der Waals surface area contributed by atoms with Gasteiger partial charge in [-0.15, -0.1) is 0 Å². The first kappa shape index (κ1) is 17.2. The van der Waals surface area contributed by atoms with Crippen LogP contribution in [0.3, 0.4) is 0 Å². The Bertz CT molecular complexity index is 920. The molecule has 0 saturated carbocycles. The number of nitrogens with zero attached hydrogens (tertiary/aromatic N) is 5. The van der Waals surface area contributed by atoms with E-state index in [-0.39, 0.29) is 18.0 Å². The lowest BCUT2D eigenvalue weighted by Gasteiger charge is -2.40. The number of anilines is 2. The van der Waals surface area contributed by atoms with E-state index in [2.05, 4.69) is 19.9 Å². The summed E-state index contributed by atoms with van der Waals surface area (Å²) in [4.78, 5) is 15.2. The number of hydrogen-bond acceptors (Lipinski definition) is 7. The van der Waals surface area contributed by atoms with Gasteiger partial charge in [0, 0.05) is 48.7 Å². The van der Waals surface area contributed by atoms with Crippen molar-refractivity contribution in [1.82, 2.24) is 19.3 Å². The molecule has 2 aromatic heterocycles. The highest BCUT2D eigenvalue weighted by Gasteiger charge is 2.45. The highest BCUT2D eigenvalue weighted by molar-refractivity contribution is 7.88. The second-order valence-corrected chi connectivity index (χ2v) is 8.88. The second kappa shape index (κ2) is 6.17. The van der Waals surface area contributed by atoms with Crippen LogP contribution in [-0.2, 0) is 10.0 Å². The number of fused-ring (bicyclic) bond motifs is 2. The first-order chi connectivity index (χ1) is 12.3. The van der Waals surface area contributed by atoms with E-state index in [4.69, 9.17) is 5.73 Å². The zero-order valence-electron chi connectivity index (χ0n) is 14.8. The van der Waals surface area contributed by atoms with Gasteiger partial charge in [0.1, 0.15) is 5.82 Å². The zero-order chi connectivity index (χ0) is 18.5. The summed E-state index contributed by atoms with van der Waals surface area (Å²) in [6.07, 6.45) is 6.54. The van der Waals surface area contributed by atoms with E-state index < -0.39 is 10.0 Å². The van der Waals surface area contributed by atoms with Crippen molar-refractivity contribution < 1.29 is 8.42 Å². The van der Waals surface area contributed by atoms with E-state index in [0.717, 1.165) is 35.5 Å². The molecule has 2 bridgehead atoms. The van der Waals surface area contributed by atoms with E-state index in [0.29, 0.717) is 13.1 Å². The van der Waals surface area contributed by atoms with E-state index in [1.54, 1.807) is 16.7 Å². The van der Waals surface area contributed by atoms with Crippen molar-refractivity contribution in [2.45, 2.75) is 31.8 Å². The summed E-state index contributed by atoms with van der Waals surface area (Å²) in [5, 5.41) is 0. The molecule has 2 aromatic rings. The molecule has 2 saturated heterocycles. The summed E-state index contributed by atoms with van der Waals surface area (Å²) in [5.41, 5.74) is 8.54. The molecule has 0 aromatic carbocycles. The topological polar surface area (TPSA) is 105 Å². The molecule has 2 unspecified atom stereocenters. The van der Waals surface area contributed by atoms with Gasteiger partial charge in [0.2, 0.25) is 16.0 Å². The van der Waals surface area contributed by atoms with Crippen LogP contribution in [0.5, 0.6) is 0 Å². The summed E-state index contributed by atoms with van der Waals surface area (Å²) in [5.74, 6) is 0.982. The summed E-state index contributed by atoms with van der Waals surface area (Å²) >= 11 is 0. The molecule has 4 heterocycles. The third-order valence-electron chi connectivity index (χ3n) is 5.14. The minimum Gasteiger partial charge on any atom is -0.368 e. The van der Waals surface area contributed by atoms with E-state index >= 15 is 0 Å². The second-order valence-electron chi connectivity index (χ2n) is 6.99. The van der Waals surface area contributed by atoms with Crippen molar-refractivity contribution in [2.24, 2.45) is 0 Å². The average molecular weight is 374 g/mol. The summed E-state index contributed by atoms with van der Waals surface area (Å²) < 4.78 is 26.0. The smallest absolute Gasteiger partial charge is 0.222 e. The molecule has 0 aliphatic carbocycles. The van der Waals surface area contributed by atoms with Crippen LogP contribution in [0.2, 0.25) is 0 Å². The lowest BCUT2D eigenvalue weighted by Crippen LogP contribution is -2.55. The van der Waals surface area contributed by atoms with Crippen LogP contribution >= 0.6 is 0 Å². The molecule has 26 heavy (non-hydrogen) atoms. The van der Waals surface area contributed by atoms with E-state index in [1.807, 2.05) is 19.1 Å². The number of nitrogens with two attached hydrogens (primary N) is 1. The van der Waals surface area contributed by atoms with Crippen molar-refractivity contribution in [1.29, 1.82) is 0 Å². The van der Waals surface area contributed by atoms with Gasteiger partial charge in [-0.25, -0.2) is 13.4 Å². The Morgan fingerprint density at radius 3 is 2.46 bits per heavy atom. The molecular weight excluding hydrogens is 352 g/mol. The molecule has 0 spiro atoms. The molecule has 2 aliphatic rings. The summed E-state index contributed by atoms with van der Waals surface area (Å²) in [6, 6.07) is 3.80. The fraction of sp³-hybridized carbons (Fsp3) is 0.471. The lowest BCUT2D eigenvalue weighted by atomic mass is 10.1. The summed E-state index contributed by atoms with van der Waals surface area (Å²) in [6.45, 7) is 3.12. The van der Waals surface area contributed by atoms with Crippen molar-refractivity contribution in [2.75, 3.05) is 30.0 Å². The molecule has 2 N–H and O–H groups in total. The number of piperazine rings is 1. The van der Waals surface area contributed by atoms with Crippen LogP contribution < -0.4 is 10.6 Å². The maximum atomic E-state index is 12.1. The van der Waals surface area contributed by atoms with Crippen molar-refractivity contribution in [3.05, 3.63) is 30.2 Å². The molecule has 0 radical (unpaired) electrons. The maximum Gasteiger partial charge on any atom is 0.222 e. The monoisotopic (exact) mass is 374 g/mol. The highest BCUT2D eigenvalue weighted by atomic mass is 32.2. The number of aromatic nitrogens is 3. The zero-order valence-corrected chi connectivity index (χ0v) is 15.6. The number of nitrogen functional groups attached to an aromatic ring is 1. The van der Waals surface area contributed by atoms with Crippen molar-refractivity contribution >= 4 is 21.8 Å². The molecular formula is C17H22N6O2S. The Labute approximate surface area is 153 Å². The quantitative estimate of drug-likeness (QED) is 0.856. The third kappa shape index (κ3) is 2.90. The van der Waals surface area contributed by atoms with E-state index in [1.165, 1.54) is 6.26 Å². The minimum atomic E-state index is -3.21. The molecule has 9 heteroatoms. The van der Waals surface area contributed by atoms with Gasteiger partial charge < -0.3 is 10.6 Å². The standard InChI is InChI=1S/C17H22N6O2S/c1-11-15(12-4-3-7-19-8-12)16(21-17(18)20-11)22-9-13-5-6-14(10-22)23(13)26(2,24)25/h3-4,7-8,13-14H,5-6,9-10H2,1-2H3,(H2,18,20,21). The van der Waals surface area contributed by atoms with Crippen LogP contribution in [0.1, 0.15) is 18.5 Å². The Morgan fingerprint density at radius 2 is 1.88 bits per heavy atom. The SMILES string of the molecule is Cc1nc(N)nc(N2CC3CCC(C2)N3S(C)(=O)=O)c1-c1cccnc1. The molecule has 2 aliphatic heterocycles. The van der Waals surface area contributed by atoms with Crippen LogP contribution in [-0.4, -0.2) is 59.1 Å². The fourth-order valence-corrected chi connectivity index (χ4v) is 5.66. The van der Waals surface area contributed by atoms with Gasteiger partial charge in [0.15, 0.2) is 0 Å². The van der Waals surface area contributed by atoms with Gasteiger partial charge in [-0.1, -0.05) is 6.07 Å². The van der Waals surface area contributed by atoms with Crippen molar-refractivity contribution in [3.8, 4) is 11.1 Å². The van der Waals surface area contributed by atoms with Crippen LogP contribution in [0.4, 0.5) is 11.8 Å². The van der Waals surface area contributed by atoms with Crippen LogP contribution in [0, 0.1) is 6.92 Å². The first-order valence-corrected chi connectivity index (χ1v) is 10.5. The van der Waals surface area contributed by atoms with Gasteiger partial charge in [0.05, 0.1) is 11.9 Å². The Hall–Kier alpha value is -2.26. The molecule has 2 atom stereocenters. The normalized spacial score (nSPS) is 23.4. The molecule has 8 nitrogen and oxygen atoms in total. The number of aryl methyl sites for hydroxylation is 1. The third-order valence-corrected chi connectivity index (χ3v) is 6.50. The van der Waals surface area contributed by atoms with Gasteiger partial charge in [-0.3, -0.25) is 4.98 Å². The average Bonchev–Trinajstić information content (AvgIpc) is 2.86. The van der Waals surface area contributed by atoms with Crippen molar-refractivity contribution in [3.63, 3.8) is 0 Å². The first-order valence-electron chi connectivity index (χ1n) is 8.62. The Kier molecular flexibility index (Phi) is 4.07. The Morgan fingerprint density at radius 1 is 1.19 bits per heavy atom. The minimum absolute atomic E-state index is 0.0259. The van der Waals surface area contributed by atoms with Gasteiger partial charge in [0.25, 0.3) is 0 Å². The van der Waals surface area contributed by atoms with E-state index in [9.17, 15) is 8.42 Å². The molecule has 2 fully saturated rings. The lowest BCUT2D eigenvalue weighted by molar-refractivity contribution is 0.287. The van der Waals surface area contributed by atoms with Crippen LogP contribution in [0.15, 0.2) is 24.5 Å². The predicted molar refractivity (Wildman–Crippen MR) is 100 cm³/mol. The number of sulfonamides is 1. The molecule has 0 amide bonds. The largest absolute Gasteiger partial charge is 0.368 e. The van der Waals surface area contributed by atoms with Gasteiger partial charge in [-0.2, -0.15) is 9.29 Å². The van der Waals surface area contributed by atoms with Crippen LogP contribution in [0.25, 0.3) is 11.1 Å². The number of hydrogen-bond donors (Lipinski definition) is 1. The predicted octanol–water partition coefficient (Wildman–Crippen LogP) is 1.04. The fourth-order valence-electron chi connectivity index (χ4n) is 4.24.